The van der Waals surface area contributed by atoms with E-state index in [-0.39, 0.29) is 42.1 Å². The third kappa shape index (κ3) is 4.79. The van der Waals surface area contributed by atoms with Crippen molar-refractivity contribution in [3.8, 4) is 0 Å². The van der Waals surface area contributed by atoms with Gasteiger partial charge < -0.3 is 15.2 Å². The van der Waals surface area contributed by atoms with Gasteiger partial charge in [-0.2, -0.15) is 0 Å². The molecule has 0 aliphatic heterocycles. The first kappa shape index (κ1) is 18.4. The van der Waals surface area contributed by atoms with Gasteiger partial charge in [-0.15, -0.1) is 0 Å². The Labute approximate surface area is 146 Å². The zero-order valence-electron chi connectivity index (χ0n) is 14.7. The Balaban J connectivity index is 2.13. The third-order valence-electron chi connectivity index (χ3n) is 3.97. The first-order valence-corrected chi connectivity index (χ1v) is 8.27. The van der Waals surface area contributed by atoms with Crippen LogP contribution in [0.15, 0.2) is 47.3 Å². The van der Waals surface area contributed by atoms with E-state index in [9.17, 15) is 14.4 Å². The van der Waals surface area contributed by atoms with Gasteiger partial charge in [-0.05, 0) is 31.5 Å². The second-order valence-electron chi connectivity index (χ2n) is 5.88. The van der Waals surface area contributed by atoms with Crippen LogP contribution in [0, 0.1) is 6.92 Å². The SMILES string of the molecule is CCC(=O)Nc1ccc(C)n(CC(=O)N[C@H](C)c2ccccc2)c1=O. The fourth-order valence-electron chi connectivity index (χ4n) is 2.46. The summed E-state index contributed by atoms with van der Waals surface area (Å²) in [6.45, 7) is 5.25. The molecule has 1 aromatic heterocycles. The Bertz CT molecular complexity index is 812. The molecular formula is C19H23N3O3. The monoisotopic (exact) mass is 341 g/mol. The number of aryl methyl sites for hydroxylation is 1. The van der Waals surface area contributed by atoms with Gasteiger partial charge in [-0.1, -0.05) is 37.3 Å². The average Bonchev–Trinajstić information content (AvgIpc) is 2.61. The number of hydrogen-bond donors (Lipinski definition) is 2. The summed E-state index contributed by atoms with van der Waals surface area (Å²) in [6.07, 6.45) is 0.280. The number of nitrogens with zero attached hydrogens (tertiary/aromatic N) is 1. The first-order valence-electron chi connectivity index (χ1n) is 8.27. The number of hydrogen-bond acceptors (Lipinski definition) is 3. The Kier molecular flexibility index (Phi) is 6.11. The smallest absolute Gasteiger partial charge is 0.274 e. The van der Waals surface area contributed by atoms with Crippen LogP contribution in [0.25, 0.3) is 0 Å². The Morgan fingerprint density at radius 2 is 1.76 bits per heavy atom. The van der Waals surface area contributed by atoms with Crippen LogP contribution < -0.4 is 16.2 Å². The molecule has 25 heavy (non-hydrogen) atoms. The van der Waals surface area contributed by atoms with Crippen molar-refractivity contribution in [2.24, 2.45) is 0 Å². The first-order chi connectivity index (χ1) is 11.9. The largest absolute Gasteiger partial charge is 0.348 e. The van der Waals surface area contributed by atoms with Gasteiger partial charge in [0.05, 0.1) is 6.04 Å². The Morgan fingerprint density at radius 1 is 1.08 bits per heavy atom. The maximum Gasteiger partial charge on any atom is 0.274 e. The molecule has 2 rings (SSSR count). The molecule has 0 saturated carbocycles. The minimum atomic E-state index is -0.385. The number of pyridine rings is 1. The highest BCUT2D eigenvalue weighted by atomic mass is 16.2. The number of carbonyl (C=O) groups excluding carboxylic acids is 2. The molecule has 1 heterocycles. The molecule has 0 unspecified atom stereocenters. The molecule has 0 bridgehead atoms. The molecular weight excluding hydrogens is 318 g/mol. The average molecular weight is 341 g/mol. The van der Waals surface area contributed by atoms with Gasteiger partial charge in [-0.3, -0.25) is 14.4 Å². The number of aromatic nitrogens is 1. The van der Waals surface area contributed by atoms with Crippen LogP contribution in [0.3, 0.4) is 0 Å². The number of carbonyl (C=O) groups is 2. The van der Waals surface area contributed by atoms with Crippen LogP contribution in [-0.4, -0.2) is 16.4 Å². The highest BCUT2D eigenvalue weighted by Crippen LogP contribution is 2.11. The van der Waals surface area contributed by atoms with Crippen molar-refractivity contribution in [3.63, 3.8) is 0 Å². The lowest BCUT2D eigenvalue weighted by atomic mass is 10.1. The van der Waals surface area contributed by atoms with Gasteiger partial charge in [0.25, 0.3) is 5.56 Å². The second-order valence-corrected chi connectivity index (χ2v) is 5.88. The zero-order chi connectivity index (χ0) is 18.4. The maximum absolute atomic E-state index is 12.5. The van der Waals surface area contributed by atoms with Crippen molar-refractivity contribution in [1.82, 2.24) is 9.88 Å². The highest BCUT2D eigenvalue weighted by molar-refractivity contribution is 5.90. The summed E-state index contributed by atoms with van der Waals surface area (Å²) < 4.78 is 1.36. The van der Waals surface area contributed by atoms with E-state index in [1.807, 2.05) is 37.3 Å². The summed E-state index contributed by atoms with van der Waals surface area (Å²) in [5.41, 5.74) is 1.44. The maximum atomic E-state index is 12.5. The Morgan fingerprint density at radius 3 is 2.40 bits per heavy atom. The summed E-state index contributed by atoms with van der Waals surface area (Å²) in [6, 6.07) is 12.7. The molecule has 6 heteroatoms. The summed E-state index contributed by atoms with van der Waals surface area (Å²) in [4.78, 5) is 36.3. The van der Waals surface area contributed by atoms with Crippen molar-refractivity contribution in [2.45, 2.75) is 39.8 Å². The van der Waals surface area contributed by atoms with Gasteiger partial charge >= 0.3 is 0 Å². The topological polar surface area (TPSA) is 80.2 Å². The molecule has 0 fully saturated rings. The standard InChI is InChI=1S/C19H23N3O3/c1-4-17(23)21-16-11-10-13(2)22(19(16)25)12-18(24)20-14(3)15-8-6-5-7-9-15/h5-11,14H,4,12H2,1-3H3,(H,20,24)(H,21,23)/t14-/m1/s1. The molecule has 0 saturated heterocycles. The van der Waals surface area contributed by atoms with Crippen molar-refractivity contribution < 1.29 is 9.59 Å². The molecule has 2 amide bonds. The van der Waals surface area contributed by atoms with E-state index in [0.717, 1.165) is 5.56 Å². The summed E-state index contributed by atoms with van der Waals surface area (Å²) in [5.74, 6) is -0.504. The van der Waals surface area contributed by atoms with E-state index in [2.05, 4.69) is 10.6 Å². The number of benzene rings is 1. The lowest BCUT2D eigenvalue weighted by Crippen LogP contribution is -2.35. The third-order valence-corrected chi connectivity index (χ3v) is 3.97. The molecule has 0 radical (unpaired) electrons. The van der Waals surface area contributed by atoms with Crippen LogP contribution in [0.5, 0.6) is 0 Å². The van der Waals surface area contributed by atoms with Gasteiger partial charge in [0.1, 0.15) is 12.2 Å². The van der Waals surface area contributed by atoms with Crippen LogP contribution in [0.4, 0.5) is 5.69 Å². The van der Waals surface area contributed by atoms with Crippen molar-refractivity contribution >= 4 is 17.5 Å². The predicted octanol–water partition coefficient (Wildman–Crippen LogP) is 2.38. The number of nitrogens with one attached hydrogen (secondary N) is 2. The van der Waals surface area contributed by atoms with Crippen LogP contribution in [-0.2, 0) is 16.1 Å². The number of anilines is 1. The molecule has 1 atom stereocenters. The lowest BCUT2D eigenvalue weighted by molar-refractivity contribution is -0.122. The van der Waals surface area contributed by atoms with Crippen LogP contribution in [0.2, 0.25) is 0 Å². The molecule has 6 nitrogen and oxygen atoms in total. The van der Waals surface area contributed by atoms with E-state index >= 15 is 0 Å². The summed E-state index contributed by atoms with van der Waals surface area (Å²) in [5, 5.41) is 5.45. The van der Waals surface area contributed by atoms with Gasteiger partial charge in [0, 0.05) is 12.1 Å². The molecule has 132 valence electrons. The minimum Gasteiger partial charge on any atom is -0.348 e. The summed E-state index contributed by atoms with van der Waals surface area (Å²) in [7, 11) is 0. The minimum absolute atomic E-state index is 0.0995. The predicted molar refractivity (Wildman–Crippen MR) is 97.4 cm³/mol. The Hall–Kier alpha value is -2.89. The molecule has 0 aliphatic carbocycles. The van der Waals surface area contributed by atoms with E-state index in [1.54, 1.807) is 26.0 Å². The van der Waals surface area contributed by atoms with E-state index in [0.29, 0.717) is 5.69 Å². The fraction of sp³-hybridized carbons (Fsp3) is 0.316. The fourth-order valence-corrected chi connectivity index (χ4v) is 2.46. The molecule has 2 aromatic rings. The molecule has 0 aliphatic rings. The van der Waals surface area contributed by atoms with E-state index < -0.39 is 0 Å². The van der Waals surface area contributed by atoms with Crippen LogP contribution >= 0.6 is 0 Å². The van der Waals surface area contributed by atoms with Crippen molar-refractivity contribution in [2.75, 3.05) is 5.32 Å². The highest BCUT2D eigenvalue weighted by Gasteiger charge is 2.14. The normalized spacial score (nSPS) is 11.6. The molecule has 1 aromatic carbocycles. The summed E-state index contributed by atoms with van der Waals surface area (Å²) >= 11 is 0. The molecule has 2 N–H and O–H groups in total. The quantitative estimate of drug-likeness (QED) is 0.846. The van der Waals surface area contributed by atoms with Gasteiger partial charge in [-0.25, -0.2) is 0 Å². The lowest BCUT2D eigenvalue weighted by Gasteiger charge is -2.16. The molecule has 0 spiro atoms. The van der Waals surface area contributed by atoms with Crippen LogP contribution in [0.1, 0.15) is 37.6 Å². The number of amides is 2. The van der Waals surface area contributed by atoms with Gasteiger partial charge in [0.2, 0.25) is 11.8 Å². The van der Waals surface area contributed by atoms with Crippen molar-refractivity contribution in [3.05, 3.63) is 64.1 Å². The van der Waals surface area contributed by atoms with Crippen molar-refractivity contribution in [1.29, 1.82) is 0 Å². The number of rotatable bonds is 6. The second kappa shape index (κ2) is 8.28. The van der Waals surface area contributed by atoms with E-state index in [4.69, 9.17) is 0 Å². The zero-order valence-corrected chi connectivity index (χ0v) is 14.7. The van der Waals surface area contributed by atoms with Gasteiger partial charge in [0.15, 0.2) is 0 Å². The van der Waals surface area contributed by atoms with E-state index in [1.165, 1.54) is 4.57 Å².